The van der Waals surface area contributed by atoms with Crippen LogP contribution in [-0.4, -0.2) is 48.0 Å². The Morgan fingerprint density at radius 2 is 1.87 bits per heavy atom. The number of carbonyl (C=O) groups is 1. The molecule has 0 aliphatic carbocycles. The summed E-state index contributed by atoms with van der Waals surface area (Å²) in [6, 6.07) is 9.77. The lowest BCUT2D eigenvalue weighted by atomic mass is 10.0. The highest BCUT2D eigenvalue weighted by molar-refractivity contribution is 5.89. The average Bonchev–Trinajstić information content (AvgIpc) is 3.17. The molecular weight excluding hydrogens is 396 g/mol. The summed E-state index contributed by atoms with van der Waals surface area (Å²) >= 11 is 0. The Morgan fingerprint density at radius 1 is 1.13 bits per heavy atom. The first-order valence-electron chi connectivity index (χ1n) is 10.9. The Labute approximate surface area is 182 Å². The maximum absolute atomic E-state index is 12.2. The Hall–Kier alpha value is -2.87. The molecule has 0 saturated carbocycles. The van der Waals surface area contributed by atoms with Crippen molar-refractivity contribution in [3.63, 3.8) is 0 Å². The maximum atomic E-state index is 12.2. The van der Waals surface area contributed by atoms with Gasteiger partial charge in [0.25, 0.3) is 0 Å². The molecule has 1 unspecified atom stereocenters. The minimum absolute atomic E-state index is 0.0150. The van der Waals surface area contributed by atoms with Gasteiger partial charge < -0.3 is 19.5 Å². The average molecular weight is 427 g/mol. The van der Waals surface area contributed by atoms with Gasteiger partial charge in [-0.25, -0.2) is 9.78 Å². The second kappa shape index (κ2) is 9.51. The van der Waals surface area contributed by atoms with Gasteiger partial charge in [-0.2, -0.15) is 4.98 Å². The number of cyclic esters (lactones) is 1. The minimum atomic E-state index is -0.364. The number of carbonyl (C=O) groups excluding carboxylic acids is 1. The van der Waals surface area contributed by atoms with Crippen molar-refractivity contribution in [1.29, 1.82) is 0 Å². The standard InChI is InChI=1S/C23H30N4O4/c1-15(2)20-14-30-23(28)27(20)21-8-11-24-22(26-21)25-16(3)17-4-6-18(7-5-17)31-19-9-12-29-13-10-19/h4-8,11,15-16,19-20H,9-10,12-14H2,1-3H3,(H,24,25,26)/t16-,20?/m1/s1. The van der Waals surface area contributed by atoms with Crippen LogP contribution in [0.25, 0.3) is 0 Å². The van der Waals surface area contributed by atoms with E-state index in [0.29, 0.717) is 18.4 Å². The lowest BCUT2D eigenvalue weighted by molar-refractivity contribution is 0.0255. The number of ether oxygens (including phenoxy) is 3. The zero-order valence-electron chi connectivity index (χ0n) is 18.3. The quantitative estimate of drug-likeness (QED) is 0.710. The Balaban J connectivity index is 1.41. The molecule has 1 aromatic heterocycles. The zero-order valence-corrected chi connectivity index (χ0v) is 18.3. The van der Waals surface area contributed by atoms with Crippen LogP contribution in [0.5, 0.6) is 5.75 Å². The molecule has 1 aromatic carbocycles. The molecule has 2 fully saturated rings. The topological polar surface area (TPSA) is 85.8 Å². The summed E-state index contributed by atoms with van der Waals surface area (Å²) in [5.41, 5.74) is 1.09. The van der Waals surface area contributed by atoms with Crippen LogP contribution in [0.2, 0.25) is 0 Å². The summed E-state index contributed by atoms with van der Waals surface area (Å²) in [7, 11) is 0. The number of nitrogens with one attached hydrogen (secondary N) is 1. The number of rotatable bonds is 7. The Bertz CT molecular complexity index is 883. The third-order valence-corrected chi connectivity index (χ3v) is 5.76. The lowest BCUT2D eigenvalue weighted by Gasteiger charge is -2.24. The molecule has 4 rings (SSSR count). The van der Waals surface area contributed by atoms with E-state index < -0.39 is 0 Å². The Morgan fingerprint density at radius 3 is 2.58 bits per heavy atom. The molecule has 8 heteroatoms. The number of anilines is 2. The third-order valence-electron chi connectivity index (χ3n) is 5.76. The second-order valence-electron chi connectivity index (χ2n) is 8.36. The maximum Gasteiger partial charge on any atom is 0.415 e. The molecule has 0 spiro atoms. The van der Waals surface area contributed by atoms with E-state index in [1.807, 2.05) is 31.2 Å². The van der Waals surface area contributed by atoms with Crippen molar-refractivity contribution in [1.82, 2.24) is 9.97 Å². The van der Waals surface area contributed by atoms with E-state index in [1.165, 1.54) is 0 Å². The molecule has 2 atom stereocenters. The van der Waals surface area contributed by atoms with Crippen LogP contribution in [0, 0.1) is 5.92 Å². The first-order chi connectivity index (χ1) is 15.0. The van der Waals surface area contributed by atoms with Crippen molar-refractivity contribution in [3.05, 3.63) is 42.1 Å². The van der Waals surface area contributed by atoms with Gasteiger partial charge in [-0.1, -0.05) is 26.0 Å². The lowest BCUT2D eigenvalue weighted by Crippen LogP contribution is -2.37. The highest BCUT2D eigenvalue weighted by atomic mass is 16.6. The van der Waals surface area contributed by atoms with Crippen LogP contribution >= 0.6 is 0 Å². The van der Waals surface area contributed by atoms with E-state index in [4.69, 9.17) is 14.2 Å². The summed E-state index contributed by atoms with van der Waals surface area (Å²) in [4.78, 5) is 22.7. The molecule has 2 saturated heterocycles. The molecule has 3 heterocycles. The van der Waals surface area contributed by atoms with Gasteiger partial charge in [-0.3, -0.25) is 4.90 Å². The SMILES string of the molecule is CC(C)C1COC(=O)N1c1ccnc(N[C@H](C)c2ccc(OC3CCOCC3)cc2)n1. The normalized spacial score (nSPS) is 20.6. The van der Waals surface area contributed by atoms with Gasteiger partial charge in [0.05, 0.1) is 25.3 Å². The molecule has 0 bridgehead atoms. The second-order valence-corrected chi connectivity index (χ2v) is 8.36. The predicted octanol–water partition coefficient (Wildman–Crippen LogP) is 4.19. The van der Waals surface area contributed by atoms with E-state index in [9.17, 15) is 4.79 Å². The van der Waals surface area contributed by atoms with E-state index in [1.54, 1.807) is 17.2 Å². The smallest absolute Gasteiger partial charge is 0.415 e. The van der Waals surface area contributed by atoms with Gasteiger partial charge in [0.1, 0.15) is 24.3 Å². The fourth-order valence-corrected chi connectivity index (χ4v) is 3.84. The van der Waals surface area contributed by atoms with Crippen LogP contribution in [0.4, 0.5) is 16.6 Å². The monoisotopic (exact) mass is 426 g/mol. The van der Waals surface area contributed by atoms with Gasteiger partial charge in [0.15, 0.2) is 0 Å². The fourth-order valence-electron chi connectivity index (χ4n) is 3.84. The molecule has 2 aliphatic rings. The van der Waals surface area contributed by atoms with Crippen molar-refractivity contribution in [2.45, 2.75) is 51.8 Å². The number of hydrogen-bond donors (Lipinski definition) is 1. The first-order valence-corrected chi connectivity index (χ1v) is 10.9. The fraction of sp³-hybridized carbons (Fsp3) is 0.522. The molecule has 2 aliphatic heterocycles. The van der Waals surface area contributed by atoms with Crippen LogP contribution < -0.4 is 15.0 Å². The van der Waals surface area contributed by atoms with Crippen molar-refractivity contribution < 1.29 is 19.0 Å². The van der Waals surface area contributed by atoms with Crippen molar-refractivity contribution in [2.75, 3.05) is 30.0 Å². The number of aromatic nitrogens is 2. The Kier molecular flexibility index (Phi) is 6.56. The number of amides is 1. The van der Waals surface area contributed by atoms with Gasteiger partial charge in [-0.15, -0.1) is 0 Å². The summed E-state index contributed by atoms with van der Waals surface area (Å²) in [6.45, 7) is 8.08. The van der Waals surface area contributed by atoms with Crippen LogP contribution in [-0.2, 0) is 9.47 Å². The van der Waals surface area contributed by atoms with E-state index in [2.05, 4.69) is 29.1 Å². The number of nitrogens with zero attached hydrogens (tertiary/aromatic N) is 3. The highest BCUT2D eigenvalue weighted by Crippen LogP contribution is 2.27. The van der Waals surface area contributed by atoms with Crippen LogP contribution in [0.3, 0.4) is 0 Å². The van der Waals surface area contributed by atoms with Crippen molar-refractivity contribution in [3.8, 4) is 5.75 Å². The summed E-state index contributed by atoms with van der Waals surface area (Å²) in [6.07, 6.45) is 3.37. The van der Waals surface area contributed by atoms with Crippen LogP contribution in [0.15, 0.2) is 36.5 Å². The molecule has 166 valence electrons. The van der Waals surface area contributed by atoms with Gasteiger partial charge in [0, 0.05) is 19.0 Å². The molecule has 1 amide bonds. The summed E-state index contributed by atoms with van der Waals surface area (Å²) in [5, 5.41) is 3.32. The molecule has 2 aromatic rings. The van der Waals surface area contributed by atoms with Crippen LogP contribution in [0.1, 0.15) is 45.2 Å². The van der Waals surface area contributed by atoms with Crippen molar-refractivity contribution >= 4 is 17.9 Å². The van der Waals surface area contributed by atoms with Gasteiger partial charge in [-0.05, 0) is 36.6 Å². The summed E-state index contributed by atoms with van der Waals surface area (Å²) < 4.78 is 16.7. The molecular formula is C23H30N4O4. The summed E-state index contributed by atoms with van der Waals surface area (Å²) in [5.74, 6) is 2.15. The van der Waals surface area contributed by atoms with E-state index >= 15 is 0 Å². The van der Waals surface area contributed by atoms with E-state index in [0.717, 1.165) is 37.4 Å². The molecule has 1 N–H and O–H groups in total. The number of benzene rings is 1. The first kappa shape index (κ1) is 21.4. The predicted molar refractivity (Wildman–Crippen MR) is 117 cm³/mol. The number of hydrogen-bond acceptors (Lipinski definition) is 7. The highest BCUT2D eigenvalue weighted by Gasteiger charge is 2.37. The molecule has 0 radical (unpaired) electrons. The van der Waals surface area contributed by atoms with Gasteiger partial charge >= 0.3 is 6.09 Å². The van der Waals surface area contributed by atoms with E-state index in [-0.39, 0.29) is 30.2 Å². The molecule has 8 nitrogen and oxygen atoms in total. The van der Waals surface area contributed by atoms with Gasteiger partial charge in [0.2, 0.25) is 5.95 Å². The third kappa shape index (κ3) is 5.07. The molecule has 31 heavy (non-hydrogen) atoms. The zero-order chi connectivity index (χ0) is 21.8. The largest absolute Gasteiger partial charge is 0.490 e. The minimum Gasteiger partial charge on any atom is -0.490 e. The van der Waals surface area contributed by atoms with Crippen molar-refractivity contribution in [2.24, 2.45) is 5.92 Å².